The van der Waals surface area contributed by atoms with E-state index < -0.39 is 6.35 Å². The second kappa shape index (κ2) is 6.26. The zero-order valence-corrected chi connectivity index (χ0v) is 10.3. The third kappa shape index (κ3) is 2.89. The molecule has 3 N–H and O–H groups in total. The van der Waals surface area contributed by atoms with Crippen molar-refractivity contribution >= 4 is 11.7 Å². The van der Waals surface area contributed by atoms with Crippen molar-refractivity contribution in [2.75, 3.05) is 13.3 Å². The summed E-state index contributed by atoms with van der Waals surface area (Å²) < 4.78 is 5.60. The monoisotopic (exact) mass is 261 g/mol. The Morgan fingerprint density at radius 3 is 2.74 bits per heavy atom. The van der Waals surface area contributed by atoms with Gasteiger partial charge in [0.05, 0.1) is 19.9 Å². The molecule has 2 rings (SSSR count). The zero-order valence-electron chi connectivity index (χ0n) is 10.3. The summed E-state index contributed by atoms with van der Waals surface area (Å²) in [5.74, 6) is 1.74. The van der Waals surface area contributed by atoms with Crippen molar-refractivity contribution in [1.82, 2.24) is 4.90 Å². The first-order chi connectivity index (χ1) is 9.30. The fourth-order valence-electron chi connectivity index (χ4n) is 1.83. The van der Waals surface area contributed by atoms with Crippen LogP contribution in [0.3, 0.4) is 0 Å². The molecular formula is C13H15N3O3. The highest BCUT2D eigenvalue weighted by Gasteiger charge is 2.31. The zero-order chi connectivity index (χ0) is 13.7. The van der Waals surface area contributed by atoms with Crippen molar-refractivity contribution in [3.05, 3.63) is 41.6 Å². The molecule has 1 unspecified atom stereocenters. The molecule has 0 saturated carbocycles. The van der Waals surface area contributed by atoms with Gasteiger partial charge in [-0.1, -0.05) is 30.3 Å². The van der Waals surface area contributed by atoms with Crippen LogP contribution in [0.2, 0.25) is 0 Å². The van der Waals surface area contributed by atoms with Crippen molar-refractivity contribution in [1.29, 1.82) is 0 Å². The highest BCUT2D eigenvalue weighted by Crippen LogP contribution is 2.20. The Kier molecular flexibility index (Phi) is 4.43. The summed E-state index contributed by atoms with van der Waals surface area (Å²) >= 11 is 0. The van der Waals surface area contributed by atoms with Crippen molar-refractivity contribution < 1.29 is 14.6 Å². The number of benzene rings is 1. The number of ether oxygens (including phenoxy) is 1. The second-order valence-corrected chi connectivity index (χ2v) is 3.96. The standard InChI is InChI=1S/C13H15N3O3/c14-9-16-12(7-18)11(6-17)15-13(16)19-8-10-4-2-1-3-5-10/h1-5,13,17H,6,8-9,14H2. The Morgan fingerprint density at radius 2 is 2.16 bits per heavy atom. The average Bonchev–Trinajstić information content (AvgIpc) is 2.82. The highest BCUT2D eigenvalue weighted by molar-refractivity contribution is 6.07. The third-order valence-electron chi connectivity index (χ3n) is 2.78. The van der Waals surface area contributed by atoms with Gasteiger partial charge in [-0.25, -0.2) is 9.79 Å². The molecule has 1 atom stereocenters. The summed E-state index contributed by atoms with van der Waals surface area (Å²) in [6.07, 6.45) is -0.691. The molecule has 19 heavy (non-hydrogen) atoms. The van der Waals surface area contributed by atoms with Gasteiger partial charge in [0.25, 0.3) is 0 Å². The molecule has 100 valence electrons. The van der Waals surface area contributed by atoms with Gasteiger partial charge in [0.15, 0.2) is 11.6 Å². The number of aliphatic imine (C=N–C) groups is 1. The van der Waals surface area contributed by atoms with Gasteiger partial charge in [0.1, 0.15) is 5.71 Å². The van der Waals surface area contributed by atoms with Crippen LogP contribution >= 0.6 is 0 Å². The first kappa shape index (κ1) is 13.5. The Bertz CT molecular complexity index is 509. The number of hydrogen-bond acceptors (Lipinski definition) is 6. The van der Waals surface area contributed by atoms with Crippen LogP contribution in [0, 0.1) is 0 Å². The maximum Gasteiger partial charge on any atom is 0.230 e. The molecule has 6 heteroatoms. The predicted octanol–water partition coefficient (Wildman–Crippen LogP) is -0.133. The van der Waals surface area contributed by atoms with Gasteiger partial charge < -0.3 is 20.5 Å². The van der Waals surface area contributed by atoms with E-state index in [1.54, 1.807) is 5.94 Å². The number of hydrogen-bond donors (Lipinski definition) is 2. The van der Waals surface area contributed by atoms with E-state index in [1.807, 2.05) is 30.3 Å². The number of nitrogens with zero attached hydrogens (tertiary/aromatic N) is 2. The summed E-state index contributed by atoms with van der Waals surface area (Å²) in [4.78, 5) is 16.4. The van der Waals surface area contributed by atoms with Crippen molar-refractivity contribution in [3.63, 3.8) is 0 Å². The number of carbonyl (C=O) groups excluding carboxylic acids is 1. The summed E-state index contributed by atoms with van der Waals surface area (Å²) in [5, 5.41) is 9.13. The molecule has 1 aromatic rings. The van der Waals surface area contributed by atoms with Crippen molar-refractivity contribution in [3.8, 4) is 0 Å². The van der Waals surface area contributed by atoms with Crippen LogP contribution < -0.4 is 5.73 Å². The fraction of sp³-hybridized carbons (Fsp3) is 0.308. The summed E-state index contributed by atoms with van der Waals surface area (Å²) in [5.41, 5.74) is 6.96. The molecule has 1 aliphatic rings. The SMILES string of the molecule is NCN1C(=C=O)C(CO)=NC1OCc1ccccc1. The second-order valence-electron chi connectivity index (χ2n) is 3.96. The van der Waals surface area contributed by atoms with E-state index in [0.29, 0.717) is 6.61 Å². The van der Waals surface area contributed by atoms with E-state index >= 15 is 0 Å². The van der Waals surface area contributed by atoms with Crippen LogP contribution in [-0.4, -0.2) is 41.3 Å². The third-order valence-corrected chi connectivity index (χ3v) is 2.78. The van der Waals surface area contributed by atoms with Crippen LogP contribution in [0.4, 0.5) is 0 Å². The molecule has 6 nitrogen and oxygen atoms in total. The van der Waals surface area contributed by atoms with E-state index in [1.165, 1.54) is 4.90 Å². The fourth-order valence-corrected chi connectivity index (χ4v) is 1.83. The first-order valence-corrected chi connectivity index (χ1v) is 5.85. The maximum atomic E-state index is 10.9. The topological polar surface area (TPSA) is 88.2 Å². The van der Waals surface area contributed by atoms with E-state index in [0.717, 1.165) is 5.56 Å². The molecule has 1 aliphatic heterocycles. The van der Waals surface area contributed by atoms with Gasteiger partial charge >= 0.3 is 0 Å². The van der Waals surface area contributed by atoms with Crippen LogP contribution in [0.5, 0.6) is 0 Å². The van der Waals surface area contributed by atoms with Crippen molar-refractivity contribution in [2.24, 2.45) is 10.7 Å². The number of aliphatic hydroxyl groups excluding tert-OH is 1. The van der Waals surface area contributed by atoms with Gasteiger partial charge in [0, 0.05) is 0 Å². The summed E-state index contributed by atoms with van der Waals surface area (Å²) in [6.45, 7) is 0.0691. The molecule has 1 heterocycles. The Balaban J connectivity index is 2.07. The number of nitrogens with two attached hydrogens (primary N) is 1. The molecule has 0 amide bonds. The lowest BCUT2D eigenvalue weighted by Crippen LogP contribution is -2.36. The average molecular weight is 261 g/mol. The quantitative estimate of drug-likeness (QED) is 0.721. The van der Waals surface area contributed by atoms with Crippen molar-refractivity contribution in [2.45, 2.75) is 13.0 Å². The normalized spacial score (nSPS) is 18.4. The van der Waals surface area contributed by atoms with E-state index in [4.69, 9.17) is 15.6 Å². The molecule has 0 aromatic heterocycles. The van der Waals surface area contributed by atoms with Gasteiger partial charge in [-0.2, -0.15) is 0 Å². The van der Waals surface area contributed by atoms with E-state index in [2.05, 4.69) is 4.99 Å². The molecule has 1 aromatic carbocycles. The van der Waals surface area contributed by atoms with Gasteiger partial charge in [-0.3, -0.25) is 0 Å². The van der Waals surface area contributed by atoms with Gasteiger partial charge in [-0.05, 0) is 5.56 Å². The van der Waals surface area contributed by atoms with E-state index in [-0.39, 0.29) is 24.7 Å². The largest absolute Gasteiger partial charge is 0.390 e. The smallest absolute Gasteiger partial charge is 0.230 e. The van der Waals surface area contributed by atoms with Crippen LogP contribution in [0.25, 0.3) is 0 Å². The number of aliphatic hydroxyl groups is 1. The Hall–Kier alpha value is -1.98. The Morgan fingerprint density at radius 1 is 1.42 bits per heavy atom. The maximum absolute atomic E-state index is 10.9. The molecule has 0 radical (unpaired) electrons. The first-order valence-electron chi connectivity index (χ1n) is 5.85. The Labute approximate surface area is 110 Å². The summed E-state index contributed by atoms with van der Waals surface area (Å²) in [6, 6.07) is 9.59. The van der Waals surface area contributed by atoms with Gasteiger partial charge in [-0.15, -0.1) is 0 Å². The van der Waals surface area contributed by atoms with Crippen LogP contribution in [0.1, 0.15) is 5.56 Å². The van der Waals surface area contributed by atoms with Crippen LogP contribution in [0.15, 0.2) is 41.0 Å². The lowest BCUT2D eigenvalue weighted by Gasteiger charge is -2.22. The van der Waals surface area contributed by atoms with Crippen LogP contribution in [-0.2, 0) is 16.1 Å². The predicted molar refractivity (Wildman–Crippen MR) is 69.6 cm³/mol. The summed E-state index contributed by atoms with van der Waals surface area (Å²) in [7, 11) is 0. The van der Waals surface area contributed by atoms with E-state index in [9.17, 15) is 4.79 Å². The molecule has 0 aliphatic carbocycles. The minimum Gasteiger partial charge on any atom is -0.390 e. The molecule has 0 bridgehead atoms. The lowest BCUT2D eigenvalue weighted by molar-refractivity contribution is -0.0352. The minimum absolute atomic E-state index is 0.0665. The molecule has 0 saturated heterocycles. The minimum atomic E-state index is -0.691. The molecular weight excluding hydrogens is 246 g/mol. The number of rotatable bonds is 5. The lowest BCUT2D eigenvalue weighted by atomic mass is 10.2. The molecule has 0 spiro atoms. The van der Waals surface area contributed by atoms with Gasteiger partial charge in [0.2, 0.25) is 6.35 Å². The highest BCUT2D eigenvalue weighted by atomic mass is 16.5. The molecule has 0 fully saturated rings.